The van der Waals surface area contributed by atoms with E-state index >= 15 is 0 Å². The molecule has 0 aliphatic carbocycles. The fourth-order valence-corrected chi connectivity index (χ4v) is 2.90. The average molecular weight is 570 g/mol. The molecule has 0 aliphatic heterocycles. The second kappa shape index (κ2) is 18.7. The van der Waals surface area contributed by atoms with Crippen LogP contribution in [0.4, 0.5) is 14.4 Å². The van der Waals surface area contributed by atoms with Gasteiger partial charge in [-0.05, 0) is 56.7 Å². The highest BCUT2D eigenvalue weighted by molar-refractivity contribution is 5.76. The Hall–Kier alpha value is -3.54. The third-order valence-corrected chi connectivity index (χ3v) is 5.37. The summed E-state index contributed by atoms with van der Waals surface area (Å²) in [5, 5.41) is 0. The van der Waals surface area contributed by atoms with Gasteiger partial charge in [0.1, 0.15) is 18.2 Å². The molecule has 0 radical (unpaired) electrons. The highest BCUT2D eigenvalue weighted by Crippen LogP contribution is 2.30. The Bertz CT molecular complexity index is 950. The van der Waals surface area contributed by atoms with Gasteiger partial charge in [0.2, 0.25) is 0 Å². The Morgan fingerprint density at radius 3 is 1.85 bits per heavy atom. The van der Waals surface area contributed by atoms with E-state index in [0.717, 1.165) is 12.8 Å². The van der Waals surface area contributed by atoms with Gasteiger partial charge in [0.05, 0.1) is 19.8 Å². The summed E-state index contributed by atoms with van der Waals surface area (Å²) in [4.78, 5) is 48.6. The van der Waals surface area contributed by atoms with Gasteiger partial charge >= 0.3 is 24.4 Å². The Labute approximate surface area is 235 Å². The molecule has 0 unspecified atom stereocenters. The summed E-state index contributed by atoms with van der Waals surface area (Å²) < 4.78 is 35.9. The van der Waals surface area contributed by atoms with Gasteiger partial charge in [-0.2, -0.15) is 0 Å². The Morgan fingerprint density at radius 1 is 0.750 bits per heavy atom. The molecular formula is C28H43NO11. The first-order chi connectivity index (χ1) is 19.0. The average Bonchev–Trinajstić information content (AvgIpc) is 2.89. The molecule has 0 heterocycles. The van der Waals surface area contributed by atoms with E-state index in [4.69, 9.17) is 38.9 Å². The van der Waals surface area contributed by atoms with Crippen LogP contribution >= 0.6 is 0 Å². The summed E-state index contributed by atoms with van der Waals surface area (Å²) in [5.41, 5.74) is 6.54. The third kappa shape index (κ3) is 14.0. The summed E-state index contributed by atoms with van der Waals surface area (Å²) in [6.07, 6.45) is -1.39. The molecule has 0 saturated carbocycles. The van der Waals surface area contributed by atoms with E-state index in [1.165, 1.54) is 12.1 Å². The van der Waals surface area contributed by atoms with Gasteiger partial charge in [0.15, 0.2) is 11.5 Å². The van der Waals surface area contributed by atoms with Crippen LogP contribution in [0.3, 0.4) is 0 Å². The molecule has 0 saturated heterocycles. The maximum absolute atomic E-state index is 12.6. The predicted octanol–water partition coefficient (Wildman–Crippen LogP) is 5.32. The van der Waals surface area contributed by atoms with Crippen LogP contribution in [0.25, 0.3) is 0 Å². The van der Waals surface area contributed by atoms with Crippen LogP contribution in [0, 0.1) is 5.92 Å². The molecule has 1 rings (SSSR count). The van der Waals surface area contributed by atoms with Gasteiger partial charge in [-0.15, -0.1) is 0 Å². The molecule has 12 heteroatoms. The highest BCUT2D eigenvalue weighted by Gasteiger charge is 2.25. The largest absolute Gasteiger partial charge is 0.513 e. The van der Waals surface area contributed by atoms with Crippen molar-refractivity contribution in [2.24, 2.45) is 11.7 Å². The first-order valence-electron chi connectivity index (χ1n) is 13.6. The minimum atomic E-state index is -1.10. The number of unbranched alkanes of at least 4 members (excludes halogenated alkanes) is 2. The summed E-state index contributed by atoms with van der Waals surface area (Å²) in [6.45, 7) is 11.3. The van der Waals surface area contributed by atoms with Crippen LogP contribution in [0.15, 0.2) is 18.2 Å². The minimum Gasteiger partial charge on any atom is -0.458 e. The molecule has 0 aliphatic rings. The van der Waals surface area contributed by atoms with E-state index in [2.05, 4.69) is 0 Å². The highest BCUT2D eigenvalue weighted by atomic mass is 16.7. The third-order valence-electron chi connectivity index (χ3n) is 5.37. The first kappa shape index (κ1) is 34.5. The molecule has 0 fully saturated rings. The summed E-state index contributed by atoms with van der Waals surface area (Å²) in [6, 6.07) is 3.25. The zero-order valence-corrected chi connectivity index (χ0v) is 24.3. The quantitative estimate of drug-likeness (QED) is 0.118. The first-order valence-corrected chi connectivity index (χ1v) is 13.6. The molecule has 3 atom stereocenters. The molecule has 1 aromatic rings. The molecule has 0 bridgehead atoms. The summed E-state index contributed by atoms with van der Waals surface area (Å²) in [7, 11) is 0. The number of hydrogen-bond acceptors (Lipinski definition) is 12. The van der Waals surface area contributed by atoms with Crippen molar-refractivity contribution in [2.75, 3.05) is 19.8 Å². The lowest BCUT2D eigenvalue weighted by molar-refractivity contribution is -0.155. The van der Waals surface area contributed by atoms with E-state index in [-0.39, 0.29) is 43.7 Å². The molecule has 12 nitrogen and oxygen atoms in total. The smallest absolute Gasteiger partial charge is 0.458 e. The predicted molar refractivity (Wildman–Crippen MR) is 144 cm³/mol. The number of nitrogens with two attached hydrogens (primary N) is 1. The van der Waals surface area contributed by atoms with E-state index in [0.29, 0.717) is 18.4 Å². The Balaban J connectivity index is 2.85. The van der Waals surface area contributed by atoms with Crippen molar-refractivity contribution >= 4 is 24.4 Å². The van der Waals surface area contributed by atoms with Gasteiger partial charge in [0.25, 0.3) is 0 Å². The molecule has 0 spiro atoms. The molecule has 0 aromatic heterocycles. The monoisotopic (exact) mass is 569 g/mol. The molecular weight excluding hydrogens is 526 g/mol. The van der Waals surface area contributed by atoms with E-state index < -0.39 is 42.7 Å². The normalized spacial score (nSPS) is 13.0. The maximum atomic E-state index is 12.6. The lowest BCUT2D eigenvalue weighted by Gasteiger charge is -2.22. The van der Waals surface area contributed by atoms with Crippen LogP contribution in [0.5, 0.6) is 11.5 Å². The number of carbonyl (C=O) groups excluding carboxylic acids is 4. The standard InChI is InChI=1S/C28H43NO11/c1-7-9-13-34-26(31)39-23-12-11-21(16-24(23)40-27(32)35-14-10-8-2)15-22(29)25(30)37-19(5)20(6)38-28(33)36-17-18(3)4/h11-12,16,18-20,22H,7-10,13-15,17,29H2,1-6H3/t19-,20-,22-/m0/s1. The number of hydrogen-bond donors (Lipinski definition) is 1. The van der Waals surface area contributed by atoms with Crippen molar-refractivity contribution in [2.45, 2.75) is 91.9 Å². The lowest BCUT2D eigenvalue weighted by atomic mass is 10.1. The topological polar surface area (TPSA) is 159 Å². The van der Waals surface area contributed by atoms with Crippen LogP contribution in [-0.4, -0.2) is 62.5 Å². The van der Waals surface area contributed by atoms with Crippen molar-refractivity contribution in [3.63, 3.8) is 0 Å². The number of ether oxygens (including phenoxy) is 7. The molecule has 0 amide bonds. The summed E-state index contributed by atoms with van der Waals surface area (Å²) >= 11 is 0. The van der Waals surface area contributed by atoms with Crippen molar-refractivity contribution in [3.8, 4) is 11.5 Å². The van der Waals surface area contributed by atoms with Gasteiger partial charge in [0, 0.05) is 0 Å². The zero-order chi connectivity index (χ0) is 30.1. The van der Waals surface area contributed by atoms with E-state index in [1.807, 2.05) is 27.7 Å². The fraction of sp³-hybridized carbons (Fsp3) is 0.643. The zero-order valence-electron chi connectivity index (χ0n) is 24.3. The van der Waals surface area contributed by atoms with Crippen LogP contribution in [-0.2, 0) is 34.9 Å². The number of esters is 1. The van der Waals surface area contributed by atoms with Gasteiger partial charge < -0.3 is 38.9 Å². The van der Waals surface area contributed by atoms with Crippen molar-refractivity contribution < 1.29 is 52.3 Å². The minimum absolute atomic E-state index is 0.000307. The van der Waals surface area contributed by atoms with Crippen molar-refractivity contribution in [1.82, 2.24) is 0 Å². The van der Waals surface area contributed by atoms with Crippen LogP contribution < -0.4 is 15.2 Å². The number of benzene rings is 1. The number of carbonyl (C=O) groups is 4. The maximum Gasteiger partial charge on any atom is 0.513 e. The Kier molecular flexibility index (Phi) is 16.1. The fourth-order valence-electron chi connectivity index (χ4n) is 2.90. The Morgan fingerprint density at radius 2 is 1.30 bits per heavy atom. The molecule has 1 aromatic carbocycles. The SMILES string of the molecule is CCCCOC(=O)Oc1ccc(C[C@H](N)C(=O)O[C@@H](C)[C@H](C)OC(=O)OCC(C)C)cc1OC(=O)OCCCC. The molecule has 226 valence electrons. The molecule has 40 heavy (non-hydrogen) atoms. The second-order valence-electron chi connectivity index (χ2n) is 9.62. The second-order valence-corrected chi connectivity index (χ2v) is 9.62. The van der Waals surface area contributed by atoms with Gasteiger partial charge in [-0.25, -0.2) is 14.4 Å². The van der Waals surface area contributed by atoms with Crippen molar-refractivity contribution in [1.29, 1.82) is 0 Å². The van der Waals surface area contributed by atoms with Gasteiger partial charge in [-0.1, -0.05) is 46.6 Å². The number of rotatable bonds is 16. The van der Waals surface area contributed by atoms with Crippen molar-refractivity contribution in [3.05, 3.63) is 23.8 Å². The van der Waals surface area contributed by atoms with E-state index in [1.54, 1.807) is 19.9 Å². The van der Waals surface area contributed by atoms with Crippen LogP contribution in [0.1, 0.15) is 72.8 Å². The summed E-state index contributed by atoms with van der Waals surface area (Å²) in [5.74, 6) is -0.770. The van der Waals surface area contributed by atoms with Gasteiger partial charge in [-0.3, -0.25) is 4.79 Å². The lowest BCUT2D eigenvalue weighted by Crippen LogP contribution is -2.39. The van der Waals surface area contributed by atoms with Crippen LogP contribution in [0.2, 0.25) is 0 Å². The molecule has 2 N–H and O–H groups in total. The van der Waals surface area contributed by atoms with E-state index in [9.17, 15) is 19.2 Å².